The van der Waals surface area contributed by atoms with E-state index in [0.29, 0.717) is 41.5 Å². The Morgan fingerprint density at radius 3 is 2.46 bits per heavy atom. The number of sulfonamides is 1. The monoisotopic (exact) mass is 548 g/mol. The molecule has 206 valence electrons. The van der Waals surface area contributed by atoms with Crippen molar-refractivity contribution in [1.82, 2.24) is 14.9 Å². The molecule has 0 aliphatic carbocycles. The number of rotatable bonds is 7. The number of likely N-dealkylation sites (tertiary alicyclic amines) is 1. The molecule has 9 heteroatoms. The molecule has 3 atom stereocenters. The van der Waals surface area contributed by atoms with Crippen molar-refractivity contribution in [3.8, 4) is 0 Å². The van der Waals surface area contributed by atoms with Crippen LogP contribution in [0, 0.1) is 12.8 Å². The number of benzene rings is 3. The van der Waals surface area contributed by atoms with Gasteiger partial charge >= 0.3 is 0 Å². The molecule has 0 saturated carbocycles. The molecule has 2 aliphatic heterocycles. The fourth-order valence-electron chi connectivity index (χ4n) is 5.81. The molecule has 8 nitrogen and oxygen atoms in total. The van der Waals surface area contributed by atoms with Gasteiger partial charge in [-0.1, -0.05) is 55.8 Å². The van der Waals surface area contributed by atoms with Gasteiger partial charge in [-0.05, 0) is 62.4 Å². The quantitative estimate of drug-likeness (QED) is 0.413. The lowest BCUT2D eigenvalue weighted by Crippen LogP contribution is -2.55. The number of nitrogens with zero attached hydrogens (tertiary/aromatic N) is 1. The summed E-state index contributed by atoms with van der Waals surface area (Å²) in [6.07, 6.45) is 3.20. The predicted octanol–water partition coefficient (Wildman–Crippen LogP) is 4.06. The summed E-state index contributed by atoms with van der Waals surface area (Å²) in [6.45, 7) is 5.86. The van der Waals surface area contributed by atoms with Crippen molar-refractivity contribution < 1.29 is 18.0 Å². The number of carbonyl (C=O) groups excluding carboxylic acids is 2. The number of aryl methyl sites for hydroxylation is 1. The summed E-state index contributed by atoms with van der Waals surface area (Å²) in [4.78, 5) is 28.0. The summed E-state index contributed by atoms with van der Waals surface area (Å²) in [5.74, 6) is -0.0914. The minimum Gasteiger partial charge on any atom is -0.341 e. The first kappa shape index (κ1) is 27.3. The Hall–Kier alpha value is -3.27. The molecule has 3 aromatic rings. The predicted molar refractivity (Wildman–Crippen MR) is 153 cm³/mol. The van der Waals surface area contributed by atoms with Crippen LogP contribution in [0.5, 0.6) is 0 Å². The van der Waals surface area contributed by atoms with Crippen molar-refractivity contribution >= 4 is 38.3 Å². The molecular formula is C30H36N4O4S. The van der Waals surface area contributed by atoms with Crippen LogP contribution in [0.25, 0.3) is 10.8 Å². The van der Waals surface area contributed by atoms with Gasteiger partial charge in [-0.3, -0.25) is 9.59 Å². The number of piperidine rings is 1. The summed E-state index contributed by atoms with van der Waals surface area (Å²) < 4.78 is 30.4. The highest BCUT2D eigenvalue weighted by Crippen LogP contribution is 2.31. The van der Waals surface area contributed by atoms with Crippen molar-refractivity contribution in [3.63, 3.8) is 0 Å². The highest BCUT2D eigenvalue weighted by atomic mass is 32.2. The van der Waals surface area contributed by atoms with Crippen LogP contribution in [-0.4, -0.2) is 56.9 Å². The van der Waals surface area contributed by atoms with Crippen molar-refractivity contribution in [3.05, 3.63) is 71.8 Å². The zero-order chi connectivity index (χ0) is 27.6. The number of anilines is 1. The molecule has 5 rings (SSSR count). The van der Waals surface area contributed by atoms with Crippen LogP contribution in [0.4, 0.5) is 5.69 Å². The van der Waals surface area contributed by atoms with Gasteiger partial charge in [0.05, 0.1) is 10.9 Å². The molecule has 2 amide bonds. The lowest BCUT2D eigenvalue weighted by atomic mass is 9.90. The van der Waals surface area contributed by atoms with E-state index in [-0.39, 0.29) is 34.7 Å². The molecule has 2 heterocycles. The number of hydrogen-bond acceptors (Lipinski definition) is 5. The lowest BCUT2D eigenvalue weighted by molar-refractivity contribution is -0.135. The van der Waals surface area contributed by atoms with E-state index >= 15 is 0 Å². The largest absolute Gasteiger partial charge is 0.341 e. The van der Waals surface area contributed by atoms with E-state index in [1.54, 1.807) is 30.3 Å². The number of hydrogen-bond donors (Lipinski definition) is 3. The maximum atomic E-state index is 13.7. The zero-order valence-electron chi connectivity index (χ0n) is 22.4. The summed E-state index contributed by atoms with van der Waals surface area (Å²) >= 11 is 0. The third-order valence-electron chi connectivity index (χ3n) is 8.05. The van der Waals surface area contributed by atoms with Gasteiger partial charge in [-0.15, -0.1) is 0 Å². The van der Waals surface area contributed by atoms with Crippen molar-refractivity contribution in [1.29, 1.82) is 0 Å². The standard InChI is InChI=1S/C30H36N4O4S/c1-3-21-19-34(30(36)27-13-8-17-31-27)18-16-25(21)33-39(37,38)28-15-14-26(23-11-6-7-12-24(23)28)32-29(35)22-10-5-4-9-20(22)2/h4-7,9-12,14-15,21,25,27,31,33H,3,8,13,16-19H2,1-2H3,(H,32,35)/t21-,25-,27+/m1/s1. The van der Waals surface area contributed by atoms with Gasteiger partial charge < -0.3 is 15.5 Å². The van der Waals surface area contributed by atoms with E-state index < -0.39 is 10.0 Å². The fraction of sp³-hybridized carbons (Fsp3) is 0.400. The summed E-state index contributed by atoms with van der Waals surface area (Å²) in [7, 11) is -3.87. The molecule has 2 fully saturated rings. The Morgan fingerprint density at radius 1 is 1.00 bits per heavy atom. The van der Waals surface area contributed by atoms with Crippen LogP contribution in [0.15, 0.2) is 65.6 Å². The summed E-state index contributed by atoms with van der Waals surface area (Å²) in [5.41, 5.74) is 1.98. The third kappa shape index (κ3) is 5.71. The van der Waals surface area contributed by atoms with Gasteiger partial charge in [-0.2, -0.15) is 0 Å². The highest BCUT2D eigenvalue weighted by molar-refractivity contribution is 7.89. The average molecular weight is 549 g/mol. The molecule has 3 aromatic carbocycles. The molecule has 0 spiro atoms. The molecule has 2 aliphatic rings. The van der Waals surface area contributed by atoms with Crippen molar-refractivity contribution in [2.24, 2.45) is 5.92 Å². The second kappa shape index (κ2) is 11.5. The van der Waals surface area contributed by atoms with Crippen LogP contribution in [0.2, 0.25) is 0 Å². The minimum absolute atomic E-state index is 0.0258. The first-order chi connectivity index (χ1) is 18.8. The number of nitrogens with one attached hydrogen (secondary N) is 3. The SMILES string of the molecule is CC[C@@H]1CN(C(=O)[C@@H]2CCCN2)CC[C@H]1NS(=O)(=O)c1ccc(NC(=O)c2ccccc2C)c2ccccc12. The Morgan fingerprint density at radius 2 is 1.74 bits per heavy atom. The van der Waals surface area contributed by atoms with Crippen LogP contribution >= 0.6 is 0 Å². The number of carbonyl (C=O) groups is 2. The Balaban J connectivity index is 1.36. The fourth-order valence-corrected chi connectivity index (χ4v) is 7.36. The Kier molecular flexibility index (Phi) is 8.02. The van der Waals surface area contributed by atoms with Crippen molar-refractivity contribution in [2.75, 3.05) is 25.0 Å². The van der Waals surface area contributed by atoms with E-state index in [2.05, 4.69) is 15.4 Å². The van der Waals surface area contributed by atoms with E-state index in [1.165, 1.54) is 0 Å². The molecule has 3 N–H and O–H groups in total. The molecule has 0 radical (unpaired) electrons. The second-order valence-corrected chi connectivity index (χ2v) is 12.2. The normalized spacial score (nSPS) is 21.7. The van der Waals surface area contributed by atoms with Gasteiger partial charge in [-0.25, -0.2) is 13.1 Å². The van der Waals surface area contributed by atoms with Gasteiger partial charge in [0.2, 0.25) is 15.9 Å². The van der Waals surface area contributed by atoms with Crippen LogP contribution in [0.3, 0.4) is 0 Å². The van der Waals surface area contributed by atoms with Crippen LogP contribution in [-0.2, 0) is 14.8 Å². The average Bonchev–Trinajstić information content (AvgIpc) is 3.48. The van der Waals surface area contributed by atoms with E-state index in [4.69, 9.17) is 0 Å². The molecular weight excluding hydrogens is 512 g/mol. The Bertz CT molecular complexity index is 1480. The zero-order valence-corrected chi connectivity index (χ0v) is 23.3. The molecule has 0 bridgehead atoms. The maximum absolute atomic E-state index is 13.7. The van der Waals surface area contributed by atoms with Gasteiger partial charge in [0.1, 0.15) is 0 Å². The maximum Gasteiger partial charge on any atom is 0.255 e. The van der Waals surface area contributed by atoms with E-state index in [9.17, 15) is 18.0 Å². The highest BCUT2D eigenvalue weighted by Gasteiger charge is 2.36. The summed E-state index contributed by atoms with van der Waals surface area (Å²) in [6, 6.07) is 17.4. The topological polar surface area (TPSA) is 108 Å². The van der Waals surface area contributed by atoms with Crippen LogP contribution in [0.1, 0.15) is 48.5 Å². The van der Waals surface area contributed by atoms with Crippen molar-refractivity contribution in [2.45, 2.75) is 56.5 Å². The van der Waals surface area contributed by atoms with Gasteiger partial charge in [0.25, 0.3) is 5.91 Å². The first-order valence-corrected chi connectivity index (χ1v) is 15.2. The number of fused-ring (bicyclic) bond motifs is 1. The number of amides is 2. The molecule has 0 aromatic heterocycles. The van der Waals surface area contributed by atoms with Gasteiger partial charge in [0.15, 0.2) is 0 Å². The second-order valence-electron chi connectivity index (χ2n) is 10.5. The summed E-state index contributed by atoms with van der Waals surface area (Å²) in [5, 5.41) is 7.43. The minimum atomic E-state index is -3.87. The smallest absolute Gasteiger partial charge is 0.255 e. The molecule has 39 heavy (non-hydrogen) atoms. The lowest BCUT2D eigenvalue weighted by Gasteiger charge is -2.39. The van der Waals surface area contributed by atoms with Crippen LogP contribution < -0.4 is 15.4 Å². The first-order valence-electron chi connectivity index (χ1n) is 13.7. The van der Waals surface area contributed by atoms with E-state index in [1.807, 2.05) is 49.1 Å². The molecule has 0 unspecified atom stereocenters. The molecule has 2 saturated heterocycles. The Labute approximate surface area is 230 Å². The van der Waals surface area contributed by atoms with Gasteiger partial charge in [0, 0.05) is 41.2 Å². The third-order valence-corrected chi connectivity index (χ3v) is 9.59. The van der Waals surface area contributed by atoms with E-state index in [0.717, 1.165) is 31.4 Å².